The molecular weight excluding hydrogens is 363 g/mol. The molecule has 0 aliphatic carbocycles. The zero-order chi connectivity index (χ0) is 14.3. The highest BCUT2D eigenvalue weighted by molar-refractivity contribution is 14.0. The van der Waals surface area contributed by atoms with Crippen LogP contribution in [0.4, 0.5) is 5.69 Å². The zero-order valence-electron chi connectivity index (χ0n) is 13.1. The van der Waals surface area contributed by atoms with Crippen molar-refractivity contribution in [2.45, 2.75) is 32.9 Å². The van der Waals surface area contributed by atoms with Gasteiger partial charge in [-0.25, -0.2) is 0 Å². The topological polar surface area (TPSA) is 39.7 Å². The van der Waals surface area contributed by atoms with Gasteiger partial charge in [0.05, 0.1) is 0 Å². The maximum atomic E-state index is 4.23. The van der Waals surface area contributed by atoms with Crippen LogP contribution in [0.5, 0.6) is 0 Å². The summed E-state index contributed by atoms with van der Waals surface area (Å²) in [4.78, 5) is 6.34. The first-order valence-electron chi connectivity index (χ1n) is 6.80. The molecule has 1 aromatic rings. The third kappa shape index (κ3) is 6.45. The van der Waals surface area contributed by atoms with Gasteiger partial charge < -0.3 is 15.5 Å². The fourth-order valence-electron chi connectivity index (χ4n) is 1.66. The number of hydrogen-bond acceptors (Lipinski definition) is 2. The van der Waals surface area contributed by atoms with Gasteiger partial charge in [0.25, 0.3) is 0 Å². The fourth-order valence-corrected chi connectivity index (χ4v) is 1.66. The van der Waals surface area contributed by atoms with Crippen LogP contribution in [-0.2, 0) is 6.54 Å². The quantitative estimate of drug-likeness (QED) is 0.462. The van der Waals surface area contributed by atoms with Crippen molar-refractivity contribution in [3.8, 4) is 0 Å². The van der Waals surface area contributed by atoms with Crippen LogP contribution >= 0.6 is 24.0 Å². The van der Waals surface area contributed by atoms with Gasteiger partial charge in [0, 0.05) is 39.4 Å². The number of anilines is 1. The minimum Gasteiger partial charge on any atom is -0.378 e. The molecule has 0 bridgehead atoms. The number of hydrogen-bond donors (Lipinski definition) is 2. The molecule has 4 nitrogen and oxygen atoms in total. The highest BCUT2D eigenvalue weighted by atomic mass is 127. The summed E-state index contributed by atoms with van der Waals surface area (Å²) in [6, 6.07) is 8.92. The number of benzene rings is 1. The lowest BCUT2D eigenvalue weighted by Gasteiger charge is -2.17. The molecule has 2 N–H and O–H groups in total. The molecule has 0 radical (unpaired) electrons. The molecule has 1 rings (SSSR count). The molecule has 0 spiro atoms. The summed E-state index contributed by atoms with van der Waals surface area (Å²) in [5, 5.41) is 6.69. The SMILES string of the molecule is CCC(C)NC(=NC)NCc1cccc(N(C)C)c1.I. The van der Waals surface area contributed by atoms with E-state index in [9.17, 15) is 0 Å². The van der Waals surface area contributed by atoms with Crippen molar-refractivity contribution in [2.75, 3.05) is 26.0 Å². The van der Waals surface area contributed by atoms with E-state index in [1.807, 2.05) is 0 Å². The van der Waals surface area contributed by atoms with Crippen LogP contribution < -0.4 is 15.5 Å². The lowest BCUT2D eigenvalue weighted by atomic mass is 10.2. The fraction of sp³-hybridized carbons (Fsp3) is 0.533. The molecular formula is C15H27IN4. The molecule has 0 saturated heterocycles. The van der Waals surface area contributed by atoms with Gasteiger partial charge in [0.1, 0.15) is 0 Å². The Hall–Kier alpha value is -0.980. The summed E-state index contributed by atoms with van der Waals surface area (Å²) in [5.74, 6) is 0.851. The van der Waals surface area contributed by atoms with E-state index in [4.69, 9.17) is 0 Å². The molecule has 0 amide bonds. The first kappa shape index (κ1) is 19.0. The van der Waals surface area contributed by atoms with Crippen molar-refractivity contribution in [1.82, 2.24) is 10.6 Å². The first-order valence-corrected chi connectivity index (χ1v) is 6.80. The van der Waals surface area contributed by atoms with Crippen molar-refractivity contribution >= 4 is 35.6 Å². The van der Waals surface area contributed by atoms with E-state index in [1.165, 1.54) is 11.3 Å². The van der Waals surface area contributed by atoms with E-state index in [0.717, 1.165) is 18.9 Å². The maximum Gasteiger partial charge on any atom is 0.191 e. The van der Waals surface area contributed by atoms with Gasteiger partial charge in [-0.3, -0.25) is 4.99 Å². The molecule has 114 valence electrons. The average molecular weight is 390 g/mol. The second-order valence-electron chi connectivity index (χ2n) is 4.94. The molecule has 0 aromatic heterocycles. The van der Waals surface area contributed by atoms with E-state index in [0.29, 0.717) is 6.04 Å². The Labute approximate surface area is 140 Å². The Morgan fingerprint density at radius 1 is 1.35 bits per heavy atom. The normalized spacial score (nSPS) is 12.3. The summed E-state index contributed by atoms with van der Waals surface area (Å²) in [6.07, 6.45) is 1.08. The number of nitrogens with one attached hydrogen (secondary N) is 2. The standard InChI is InChI=1S/C15H26N4.HI/c1-6-12(2)18-15(16-3)17-11-13-8-7-9-14(10-13)19(4)5;/h7-10,12H,6,11H2,1-5H3,(H2,16,17,18);1H. The summed E-state index contributed by atoms with van der Waals surface area (Å²) < 4.78 is 0. The Morgan fingerprint density at radius 2 is 2.05 bits per heavy atom. The van der Waals surface area contributed by atoms with Crippen LogP contribution in [0.2, 0.25) is 0 Å². The predicted molar refractivity (Wildman–Crippen MR) is 99.3 cm³/mol. The number of rotatable bonds is 5. The van der Waals surface area contributed by atoms with Crippen LogP contribution in [0.15, 0.2) is 29.3 Å². The van der Waals surface area contributed by atoms with E-state index >= 15 is 0 Å². The number of nitrogens with zero attached hydrogens (tertiary/aromatic N) is 2. The minimum atomic E-state index is 0. The van der Waals surface area contributed by atoms with Gasteiger partial charge in [-0.15, -0.1) is 24.0 Å². The van der Waals surface area contributed by atoms with Gasteiger partial charge in [0.15, 0.2) is 5.96 Å². The molecule has 1 atom stereocenters. The molecule has 0 aliphatic heterocycles. The van der Waals surface area contributed by atoms with Gasteiger partial charge in [-0.1, -0.05) is 19.1 Å². The van der Waals surface area contributed by atoms with E-state index in [2.05, 4.69) is 72.7 Å². The molecule has 1 unspecified atom stereocenters. The van der Waals surface area contributed by atoms with Crippen molar-refractivity contribution in [2.24, 2.45) is 4.99 Å². The monoisotopic (exact) mass is 390 g/mol. The van der Waals surface area contributed by atoms with Gasteiger partial charge in [-0.05, 0) is 31.0 Å². The van der Waals surface area contributed by atoms with Crippen LogP contribution in [0, 0.1) is 0 Å². The van der Waals surface area contributed by atoms with E-state index in [-0.39, 0.29) is 24.0 Å². The number of halogens is 1. The summed E-state index contributed by atoms with van der Waals surface area (Å²) in [7, 11) is 5.90. The summed E-state index contributed by atoms with van der Waals surface area (Å²) in [6.45, 7) is 5.09. The Kier molecular flexibility index (Phi) is 9.37. The van der Waals surface area contributed by atoms with E-state index in [1.54, 1.807) is 7.05 Å². The number of guanidine groups is 1. The number of aliphatic imine (C=N–C) groups is 1. The second-order valence-corrected chi connectivity index (χ2v) is 4.94. The molecule has 0 saturated carbocycles. The lowest BCUT2D eigenvalue weighted by molar-refractivity contribution is 0.624. The first-order chi connectivity index (χ1) is 9.06. The van der Waals surface area contributed by atoms with Crippen LogP contribution in [-0.4, -0.2) is 33.1 Å². The molecule has 0 fully saturated rings. The summed E-state index contributed by atoms with van der Waals surface area (Å²) in [5.41, 5.74) is 2.46. The van der Waals surface area contributed by atoms with Crippen molar-refractivity contribution in [1.29, 1.82) is 0 Å². The Bertz CT molecular complexity index is 418. The van der Waals surface area contributed by atoms with Crippen LogP contribution in [0.1, 0.15) is 25.8 Å². The largest absolute Gasteiger partial charge is 0.378 e. The van der Waals surface area contributed by atoms with Crippen LogP contribution in [0.25, 0.3) is 0 Å². The third-order valence-corrected chi connectivity index (χ3v) is 3.11. The van der Waals surface area contributed by atoms with Gasteiger partial charge >= 0.3 is 0 Å². The molecule has 1 aromatic carbocycles. The predicted octanol–water partition coefficient (Wildman–Crippen LogP) is 2.83. The molecule has 20 heavy (non-hydrogen) atoms. The molecule has 0 heterocycles. The van der Waals surface area contributed by atoms with Crippen molar-refractivity contribution in [3.63, 3.8) is 0 Å². The Morgan fingerprint density at radius 3 is 2.60 bits per heavy atom. The van der Waals surface area contributed by atoms with Crippen molar-refractivity contribution < 1.29 is 0 Å². The average Bonchev–Trinajstić information content (AvgIpc) is 2.43. The highest BCUT2D eigenvalue weighted by Gasteiger charge is 2.03. The smallest absolute Gasteiger partial charge is 0.191 e. The third-order valence-electron chi connectivity index (χ3n) is 3.11. The van der Waals surface area contributed by atoms with Crippen LogP contribution in [0.3, 0.4) is 0 Å². The highest BCUT2D eigenvalue weighted by Crippen LogP contribution is 2.12. The molecule has 5 heteroatoms. The lowest BCUT2D eigenvalue weighted by Crippen LogP contribution is -2.41. The zero-order valence-corrected chi connectivity index (χ0v) is 15.4. The maximum absolute atomic E-state index is 4.23. The summed E-state index contributed by atoms with van der Waals surface area (Å²) >= 11 is 0. The molecule has 0 aliphatic rings. The minimum absolute atomic E-state index is 0. The van der Waals surface area contributed by atoms with Gasteiger partial charge in [0.2, 0.25) is 0 Å². The van der Waals surface area contributed by atoms with Crippen molar-refractivity contribution in [3.05, 3.63) is 29.8 Å². The van der Waals surface area contributed by atoms with E-state index < -0.39 is 0 Å². The second kappa shape index (κ2) is 9.85. The Balaban J connectivity index is 0.00000361. The van der Waals surface area contributed by atoms with Gasteiger partial charge in [-0.2, -0.15) is 0 Å².